The SMILES string of the molecule is COCC(=O)N1CC(=O)N2CC[C@@H](c3c(OC)ccc(Cl)c3Cl)C[C@H]2[C@H]1C. The number of ether oxygens (including phenoxy) is 2. The zero-order valence-electron chi connectivity index (χ0n) is 15.7. The van der Waals surface area contributed by atoms with Crippen molar-refractivity contribution in [3.8, 4) is 5.75 Å². The number of methoxy groups -OCH3 is 2. The molecular weight excluding hydrogens is 391 g/mol. The van der Waals surface area contributed by atoms with E-state index in [1.807, 2.05) is 17.9 Å². The first kappa shape index (κ1) is 20.2. The van der Waals surface area contributed by atoms with E-state index in [1.165, 1.54) is 7.11 Å². The van der Waals surface area contributed by atoms with Gasteiger partial charge in [0.1, 0.15) is 18.9 Å². The summed E-state index contributed by atoms with van der Waals surface area (Å²) in [6.45, 7) is 2.68. The number of halogens is 2. The molecule has 0 radical (unpaired) electrons. The summed E-state index contributed by atoms with van der Waals surface area (Å²) >= 11 is 12.7. The minimum Gasteiger partial charge on any atom is -0.496 e. The molecule has 2 heterocycles. The summed E-state index contributed by atoms with van der Waals surface area (Å²) in [6, 6.07) is 3.36. The van der Waals surface area contributed by atoms with Crippen molar-refractivity contribution in [1.29, 1.82) is 0 Å². The van der Waals surface area contributed by atoms with Crippen molar-refractivity contribution in [3.05, 3.63) is 27.7 Å². The number of carbonyl (C=O) groups is 2. The van der Waals surface area contributed by atoms with Gasteiger partial charge < -0.3 is 19.3 Å². The number of rotatable bonds is 4. The third kappa shape index (κ3) is 3.75. The van der Waals surface area contributed by atoms with Crippen LogP contribution in [0.3, 0.4) is 0 Å². The molecule has 2 fully saturated rings. The van der Waals surface area contributed by atoms with Crippen molar-refractivity contribution in [3.63, 3.8) is 0 Å². The summed E-state index contributed by atoms with van der Waals surface area (Å²) in [5.74, 6) is 0.605. The molecule has 6 nitrogen and oxygen atoms in total. The molecule has 3 atom stereocenters. The fourth-order valence-corrected chi connectivity index (χ4v) is 4.72. The molecule has 0 aliphatic carbocycles. The first-order valence-corrected chi connectivity index (χ1v) is 9.74. The second-order valence-corrected chi connectivity index (χ2v) is 7.83. The Hall–Kier alpha value is -1.50. The van der Waals surface area contributed by atoms with E-state index in [0.717, 1.165) is 12.0 Å². The lowest BCUT2D eigenvalue weighted by Gasteiger charge is -2.50. The molecule has 27 heavy (non-hydrogen) atoms. The van der Waals surface area contributed by atoms with Crippen molar-refractivity contribution in [2.75, 3.05) is 33.9 Å². The number of benzene rings is 1. The molecule has 0 aromatic heterocycles. The Morgan fingerprint density at radius 1 is 1.30 bits per heavy atom. The number of piperazine rings is 1. The summed E-state index contributed by atoms with van der Waals surface area (Å²) in [7, 11) is 3.08. The summed E-state index contributed by atoms with van der Waals surface area (Å²) in [4.78, 5) is 28.5. The number of hydrogen-bond donors (Lipinski definition) is 0. The highest BCUT2D eigenvalue weighted by Gasteiger charge is 2.44. The third-order valence-corrected chi connectivity index (χ3v) is 6.45. The molecule has 2 aliphatic rings. The second kappa shape index (κ2) is 8.25. The van der Waals surface area contributed by atoms with E-state index in [-0.39, 0.29) is 43.0 Å². The smallest absolute Gasteiger partial charge is 0.249 e. The van der Waals surface area contributed by atoms with Crippen molar-refractivity contribution >= 4 is 35.0 Å². The summed E-state index contributed by atoms with van der Waals surface area (Å²) in [6.07, 6.45) is 1.47. The highest BCUT2D eigenvalue weighted by atomic mass is 35.5. The molecule has 1 aromatic rings. The maximum absolute atomic E-state index is 12.6. The topological polar surface area (TPSA) is 59.1 Å². The van der Waals surface area contributed by atoms with Crippen LogP contribution in [0.5, 0.6) is 5.75 Å². The molecule has 2 aliphatic heterocycles. The second-order valence-electron chi connectivity index (χ2n) is 7.05. The molecule has 148 valence electrons. The van der Waals surface area contributed by atoms with Crippen LogP contribution in [0, 0.1) is 0 Å². The third-order valence-electron chi connectivity index (χ3n) is 5.63. The highest BCUT2D eigenvalue weighted by Crippen LogP contribution is 2.44. The van der Waals surface area contributed by atoms with Crippen molar-refractivity contribution < 1.29 is 19.1 Å². The van der Waals surface area contributed by atoms with Gasteiger partial charge in [-0.25, -0.2) is 0 Å². The Morgan fingerprint density at radius 2 is 2.04 bits per heavy atom. The van der Waals surface area contributed by atoms with E-state index in [0.29, 0.717) is 28.8 Å². The van der Waals surface area contributed by atoms with Crippen LogP contribution in [0.4, 0.5) is 0 Å². The van der Waals surface area contributed by atoms with Gasteiger partial charge in [-0.05, 0) is 37.8 Å². The minimum atomic E-state index is -0.168. The van der Waals surface area contributed by atoms with Gasteiger partial charge in [-0.15, -0.1) is 0 Å². The van der Waals surface area contributed by atoms with Crippen molar-refractivity contribution in [2.45, 2.75) is 37.8 Å². The molecule has 8 heteroatoms. The monoisotopic (exact) mass is 414 g/mol. The molecule has 0 bridgehead atoms. The molecule has 2 amide bonds. The van der Waals surface area contributed by atoms with E-state index in [4.69, 9.17) is 32.7 Å². The van der Waals surface area contributed by atoms with Gasteiger partial charge in [-0.1, -0.05) is 23.2 Å². The van der Waals surface area contributed by atoms with Gasteiger partial charge in [0.2, 0.25) is 11.8 Å². The Labute approximate surface area is 169 Å². The van der Waals surface area contributed by atoms with Gasteiger partial charge in [-0.2, -0.15) is 0 Å². The molecule has 0 spiro atoms. The summed E-state index contributed by atoms with van der Waals surface area (Å²) in [5, 5.41) is 0.983. The Bertz CT molecular complexity index is 743. The molecular formula is C19H24Cl2N2O4. The van der Waals surface area contributed by atoms with E-state index in [9.17, 15) is 9.59 Å². The molecule has 0 saturated carbocycles. The molecule has 0 N–H and O–H groups in total. The zero-order chi connectivity index (χ0) is 19.7. The van der Waals surface area contributed by atoms with Crippen LogP contribution in [-0.2, 0) is 14.3 Å². The predicted molar refractivity (Wildman–Crippen MR) is 104 cm³/mol. The normalized spacial score (nSPS) is 25.4. The molecule has 1 aromatic carbocycles. The van der Waals surface area contributed by atoms with E-state index >= 15 is 0 Å². The lowest BCUT2D eigenvalue weighted by Crippen LogP contribution is -2.64. The van der Waals surface area contributed by atoms with Crippen LogP contribution in [0.2, 0.25) is 10.0 Å². The van der Waals surface area contributed by atoms with Gasteiger partial charge in [0, 0.05) is 25.3 Å². The van der Waals surface area contributed by atoms with Gasteiger partial charge in [0.25, 0.3) is 0 Å². The average Bonchev–Trinajstić information content (AvgIpc) is 2.66. The first-order chi connectivity index (χ1) is 12.9. The lowest BCUT2D eigenvalue weighted by atomic mass is 9.81. The largest absolute Gasteiger partial charge is 0.496 e. The predicted octanol–water partition coefficient (Wildman–Crippen LogP) is 2.95. The Balaban J connectivity index is 1.88. The highest BCUT2D eigenvalue weighted by molar-refractivity contribution is 6.42. The van der Waals surface area contributed by atoms with E-state index in [1.54, 1.807) is 18.1 Å². The van der Waals surface area contributed by atoms with Crippen LogP contribution < -0.4 is 4.74 Å². The summed E-state index contributed by atoms with van der Waals surface area (Å²) in [5.41, 5.74) is 0.881. The number of piperidine rings is 1. The van der Waals surface area contributed by atoms with Gasteiger partial charge in [0.05, 0.1) is 23.2 Å². The zero-order valence-corrected chi connectivity index (χ0v) is 17.2. The number of hydrogen-bond acceptors (Lipinski definition) is 4. The molecule has 3 rings (SSSR count). The van der Waals surface area contributed by atoms with Crippen LogP contribution >= 0.6 is 23.2 Å². The molecule has 2 saturated heterocycles. The van der Waals surface area contributed by atoms with Crippen LogP contribution in [0.25, 0.3) is 0 Å². The van der Waals surface area contributed by atoms with Crippen molar-refractivity contribution in [1.82, 2.24) is 9.80 Å². The number of nitrogens with zero attached hydrogens (tertiary/aromatic N) is 2. The fourth-order valence-electron chi connectivity index (χ4n) is 4.24. The Kier molecular flexibility index (Phi) is 6.18. The lowest BCUT2D eigenvalue weighted by molar-refractivity contribution is -0.156. The number of fused-ring (bicyclic) bond motifs is 1. The first-order valence-electron chi connectivity index (χ1n) is 8.98. The Morgan fingerprint density at radius 3 is 2.70 bits per heavy atom. The average molecular weight is 415 g/mol. The fraction of sp³-hybridized carbons (Fsp3) is 0.579. The van der Waals surface area contributed by atoms with Gasteiger partial charge >= 0.3 is 0 Å². The molecule has 0 unspecified atom stereocenters. The summed E-state index contributed by atoms with van der Waals surface area (Å²) < 4.78 is 10.5. The van der Waals surface area contributed by atoms with Crippen molar-refractivity contribution in [2.24, 2.45) is 0 Å². The maximum Gasteiger partial charge on any atom is 0.249 e. The van der Waals surface area contributed by atoms with Crippen LogP contribution in [-0.4, -0.2) is 67.6 Å². The van der Waals surface area contributed by atoms with Crippen LogP contribution in [0.15, 0.2) is 12.1 Å². The number of amides is 2. The van der Waals surface area contributed by atoms with E-state index < -0.39 is 0 Å². The standard InChI is InChI=1S/C19H24Cl2N2O4/c1-11-14-8-12(18-15(27-3)5-4-13(20)19(18)21)6-7-22(14)16(24)9-23(11)17(25)10-26-2/h4-5,11-12,14H,6-10H2,1-3H3/t11-,12-,14+/m1/s1. The van der Waals surface area contributed by atoms with Gasteiger partial charge in [-0.3, -0.25) is 9.59 Å². The maximum atomic E-state index is 12.6. The quantitative estimate of drug-likeness (QED) is 0.759. The van der Waals surface area contributed by atoms with Crippen LogP contribution in [0.1, 0.15) is 31.2 Å². The van der Waals surface area contributed by atoms with Gasteiger partial charge in [0.15, 0.2) is 0 Å². The number of carbonyl (C=O) groups excluding carboxylic acids is 2. The minimum absolute atomic E-state index is 0.0230. The van der Waals surface area contributed by atoms with E-state index in [2.05, 4.69) is 0 Å².